The van der Waals surface area contributed by atoms with E-state index in [0.717, 1.165) is 10.0 Å². The number of nitrogens with one attached hydrogen (secondary N) is 1. The number of rotatable bonds is 6. The molecule has 0 atom stereocenters. The van der Waals surface area contributed by atoms with Crippen LogP contribution in [0, 0.1) is 0 Å². The van der Waals surface area contributed by atoms with E-state index in [0.29, 0.717) is 29.5 Å². The van der Waals surface area contributed by atoms with Crippen LogP contribution in [0.1, 0.15) is 6.92 Å². The second-order valence-electron chi connectivity index (χ2n) is 5.43. The van der Waals surface area contributed by atoms with Crippen molar-refractivity contribution in [1.82, 2.24) is 9.38 Å². The zero-order valence-corrected chi connectivity index (χ0v) is 15.9. The van der Waals surface area contributed by atoms with Crippen molar-refractivity contribution in [2.75, 3.05) is 25.6 Å². The van der Waals surface area contributed by atoms with E-state index in [1.807, 2.05) is 22.7 Å². The number of fused-ring (bicyclic) bond motifs is 1. The highest BCUT2D eigenvalue weighted by molar-refractivity contribution is 9.10. The van der Waals surface area contributed by atoms with Crippen LogP contribution in [0.2, 0.25) is 0 Å². The molecule has 0 saturated heterocycles. The van der Waals surface area contributed by atoms with Gasteiger partial charge in [-0.05, 0) is 53.2 Å². The molecular formula is C18H18BrN3O4. The number of methoxy groups -OCH3 is 1. The molecule has 0 radical (unpaired) electrons. The fraction of sp³-hybridized carbons (Fsp3) is 0.222. The summed E-state index contributed by atoms with van der Waals surface area (Å²) in [5, 5.41) is 12.9. The molecule has 1 aromatic carbocycles. The molecule has 0 saturated carbocycles. The number of esters is 1. The van der Waals surface area contributed by atoms with E-state index in [9.17, 15) is 9.90 Å². The summed E-state index contributed by atoms with van der Waals surface area (Å²) in [6, 6.07) is 8.73. The number of phenolic OH excluding ortho intramolecular Hbond substituents is 1. The van der Waals surface area contributed by atoms with Gasteiger partial charge in [-0.15, -0.1) is 0 Å². The Labute approximate surface area is 158 Å². The molecule has 2 aromatic heterocycles. The Kier molecular flexibility index (Phi) is 5.32. The van der Waals surface area contributed by atoms with Crippen LogP contribution in [-0.2, 0) is 9.53 Å². The predicted molar refractivity (Wildman–Crippen MR) is 102 cm³/mol. The van der Waals surface area contributed by atoms with Crippen LogP contribution in [0.25, 0.3) is 16.9 Å². The normalized spacial score (nSPS) is 10.7. The smallest absolute Gasteiger partial charge is 0.325 e. The first-order valence-electron chi connectivity index (χ1n) is 7.98. The molecule has 0 aliphatic carbocycles. The highest BCUT2D eigenvalue weighted by Crippen LogP contribution is 2.35. The lowest BCUT2D eigenvalue weighted by Gasteiger charge is -2.10. The molecule has 0 bridgehead atoms. The summed E-state index contributed by atoms with van der Waals surface area (Å²) in [4.78, 5) is 16.4. The molecule has 0 unspecified atom stereocenters. The quantitative estimate of drug-likeness (QED) is 0.595. The van der Waals surface area contributed by atoms with Crippen LogP contribution < -0.4 is 10.1 Å². The van der Waals surface area contributed by atoms with Crippen molar-refractivity contribution in [3.63, 3.8) is 0 Å². The van der Waals surface area contributed by atoms with Crippen molar-refractivity contribution < 1.29 is 19.4 Å². The first kappa shape index (κ1) is 18.1. The van der Waals surface area contributed by atoms with Gasteiger partial charge in [-0.2, -0.15) is 0 Å². The number of carbonyl (C=O) groups is 1. The minimum atomic E-state index is -0.355. The Bertz CT molecular complexity index is 955. The summed E-state index contributed by atoms with van der Waals surface area (Å²) in [7, 11) is 1.49. The minimum Gasteiger partial charge on any atom is -0.504 e. The summed E-state index contributed by atoms with van der Waals surface area (Å²) < 4.78 is 12.9. The molecule has 26 heavy (non-hydrogen) atoms. The number of anilines is 1. The maximum atomic E-state index is 11.8. The zero-order valence-electron chi connectivity index (χ0n) is 14.3. The van der Waals surface area contributed by atoms with Crippen molar-refractivity contribution in [2.45, 2.75) is 6.92 Å². The van der Waals surface area contributed by atoms with E-state index in [1.165, 1.54) is 7.11 Å². The molecular weight excluding hydrogens is 402 g/mol. The fourth-order valence-corrected chi connectivity index (χ4v) is 2.92. The van der Waals surface area contributed by atoms with Gasteiger partial charge in [0.1, 0.15) is 23.7 Å². The second-order valence-corrected chi connectivity index (χ2v) is 6.35. The van der Waals surface area contributed by atoms with Gasteiger partial charge in [-0.25, -0.2) is 4.98 Å². The number of phenols is 1. The fourth-order valence-electron chi connectivity index (χ4n) is 2.58. The Balaban J connectivity index is 2.08. The van der Waals surface area contributed by atoms with E-state index < -0.39 is 0 Å². The summed E-state index contributed by atoms with van der Waals surface area (Å²) in [5.74, 6) is 0.676. The first-order valence-corrected chi connectivity index (χ1v) is 8.77. The van der Waals surface area contributed by atoms with Crippen LogP contribution in [-0.4, -0.2) is 40.7 Å². The molecule has 0 spiro atoms. The number of carbonyl (C=O) groups excluding carboxylic acids is 1. The third-order valence-electron chi connectivity index (χ3n) is 3.74. The van der Waals surface area contributed by atoms with Gasteiger partial charge in [0, 0.05) is 16.2 Å². The number of aromatic hydroxyl groups is 1. The predicted octanol–water partition coefficient (Wildman–Crippen LogP) is 3.45. The standard InChI is InChI=1S/C18H18BrN3O4/c1-3-26-16(24)9-20-18-17(11-4-6-13(23)14(8-11)25-2)21-15-7-5-12(19)10-22(15)18/h4-8,10,20,23H,3,9H2,1-2H3. The number of halogens is 1. The lowest BCUT2D eigenvalue weighted by Crippen LogP contribution is -2.17. The van der Waals surface area contributed by atoms with E-state index in [4.69, 9.17) is 9.47 Å². The molecule has 0 aliphatic rings. The van der Waals surface area contributed by atoms with Gasteiger partial charge < -0.3 is 19.9 Å². The summed E-state index contributed by atoms with van der Waals surface area (Å²) >= 11 is 3.45. The van der Waals surface area contributed by atoms with Gasteiger partial charge in [0.2, 0.25) is 0 Å². The maximum absolute atomic E-state index is 11.8. The molecule has 0 aliphatic heterocycles. The van der Waals surface area contributed by atoms with Crippen LogP contribution in [0.4, 0.5) is 5.82 Å². The molecule has 3 rings (SSSR count). The Morgan fingerprint density at radius 2 is 2.15 bits per heavy atom. The van der Waals surface area contributed by atoms with E-state index in [2.05, 4.69) is 26.2 Å². The third-order valence-corrected chi connectivity index (χ3v) is 4.21. The number of benzene rings is 1. The molecule has 136 valence electrons. The van der Waals surface area contributed by atoms with Gasteiger partial charge >= 0.3 is 5.97 Å². The van der Waals surface area contributed by atoms with Crippen molar-refractivity contribution >= 4 is 33.4 Å². The van der Waals surface area contributed by atoms with Crippen molar-refractivity contribution in [1.29, 1.82) is 0 Å². The summed E-state index contributed by atoms with van der Waals surface area (Å²) in [5.41, 5.74) is 2.08. The monoisotopic (exact) mass is 419 g/mol. The maximum Gasteiger partial charge on any atom is 0.325 e. The Hall–Kier alpha value is -2.74. The SMILES string of the molecule is CCOC(=O)CNc1c(-c2ccc(O)c(OC)c2)nc2ccc(Br)cn12. The number of ether oxygens (including phenoxy) is 2. The third kappa shape index (κ3) is 3.60. The average Bonchev–Trinajstić information content (AvgIpc) is 2.98. The van der Waals surface area contributed by atoms with Crippen LogP contribution >= 0.6 is 15.9 Å². The lowest BCUT2D eigenvalue weighted by atomic mass is 10.1. The van der Waals surface area contributed by atoms with Crippen molar-refractivity contribution in [2.24, 2.45) is 0 Å². The number of pyridine rings is 1. The molecule has 0 fully saturated rings. The lowest BCUT2D eigenvalue weighted by molar-refractivity contribution is -0.140. The zero-order chi connectivity index (χ0) is 18.7. The van der Waals surface area contributed by atoms with E-state index in [1.54, 1.807) is 25.1 Å². The minimum absolute atomic E-state index is 0.0103. The van der Waals surface area contributed by atoms with Gasteiger partial charge in [0.25, 0.3) is 0 Å². The van der Waals surface area contributed by atoms with Crippen molar-refractivity contribution in [3.05, 3.63) is 41.0 Å². The van der Waals surface area contributed by atoms with Crippen LogP contribution in [0.5, 0.6) is 11.5 Å². The molecule has 8 heteroatoms. The number of aromatic nitrogens is 2. The molecule has 0 amide bonds. The summed E-state index contributed by atoms with van der Waals surface area (Å²) in [6.45, 7) is 2.09. The number of hydrogen-bond donors (Lipinski definition) is 2. The van der Waals surface area contributed by atoms with Crippen LogP contribution in [0.3, 0.4) is 0 Å². The van der Waals surface area contributed by atoms with Crippen LogP contribution in [0.15, 0.2) is 41.0 Å². The van der Waals surface area contributed by atoms with E-state index >= 15 is 0 Å². The molecule has 7 nitrogen and oxygen atoms in total. The number of hydrogen-bond acceptors (Lipinski definition) is 6. The Morgan fingerprint density at radius 3 is 2.88 bits per heavy atom. The van der Waals surface area contributed by atoms with Gasteiger partial charge in [0.15, 0.2) is 11.5 Å². The van der Waals surface area contributed by atoms with Crippen molar-refractivity contribution in [3.8, 4) is 22.8 Å². The molecule has 3 aromatic rings. The highest BCUT2D eigenvalue weighted by Gasteiger charge is 2.17. The Morgan fingerprint density at radius 1 is 1.35 bits per heavy atom. The highest BCUT2D eigenvalue weighted by atomic mass is 79.9. The largest absolute Gasteiger partial charge is 0.504 e. The number of nitrogens with zero attached hydrogens (tertiary/aromatic N) is 2. The molecule has 2 heterocycles. The van der Waals surface area contributed by atoms with Gasteiger partial charge in [0.05, 0.1) is 13.7 Å². The van der Waals surface area contributed by atoms with Gasteiger partial charge in [-0.1, -0.05) is 0 Å². The molecule has 2 N–H and O–H groups in total. The van der Waals surface area contributed by atoms with Gasteiger partial charge in [-0.3, -0.25) is 9.20 Å². The van der Waals surface area contributed by atoms with E-state index in [-0.39, 0.29) is 18.3 Å². The number of imidazole rings is 1. The topological polar surface area (TPSA) is 85.1 Å². The second kappa shape index (κ2) is 7.65. The first-order chi connectivity index (χ1) is 12.5. The summed E-state index contributed by atoms with van der Waals surface area (Å²) in [6.07, 6.45) is 1.86. The average molecular weight is 420 g/mol.